The number of aliphatic carboxylic acids is 1. The van der Waals surface area contributed by atoms with Crippen LogP contribution in [-0.4, -0.2) is 89.2 Å². The topological polar surface area (TPSA) is 175 Å². The van der Waals surface area contributed by atoms with Gasteiger partial charge in [-0.1, -0.05) is 279 Å². The molecule has 12 heteroatoms. The molecule has 0 spiro atoms. The van der Waals surface area contributed by atoms with Gasteiger partial charge in [-0.3, -0.25) is 14.4 Å². The highest BCUT2D eigenvalue weighted by Crippen LogP contribution is 2.27. The number of carboxylic acids is 1. The van der Waals surface area contributed by atoms with Gasteiger partial charge in [-0.25, -0.2) is 4.79 Å². The van der Waals surface area contributed by atoms with Crippen LogP contribution in [0.5, 0.6) is 0 Å². The first-order valence-corrected chi connectivity index (χ1v) is 34.2. The van der Waals surface area contributed by atoms with Crippen LogP contribution >= 0.6 is 0 Å². The minimum absolute atomic E-state index is 0.0533. The summed E-state index contributed by atoms with van der Waals surface area (Å²) in [5, 5.41) is 31.6. The van der Waals surface area contributed by atoms with Crippen LogP contribution in [0, 0.1) is 0 Å². The maximum Gasteiger partial charge on any atom is 0.335 e. The highest BCUT2D eigenvalue weighted by atomic mass is 16.7. The summed E-state index contributed by atoms with van der Waals surface area (Å²) in [5.41, 5.74) is 0. The Morgan fingerprint density at radius 2 is 0.765 bits per heavy atom. The molecule has 486 valence electrons. The number of esters is 3. The van der Waals surface area contributed by atoms with Crippen molar-refractivity contribution in [2.75, 3.05) is 13.2 Å². The van der Waals surface area contributed by atoms with Crippen LogP contribution in [-0.2, 0) is 42.9 Å². The number of hydrogen-bond acceptors (Lipinski definition) is 11. The van der Waals surface area contributed by atoms with Gasteiger partial charge in [0, 0.05) is 19.3 Å². The van der Waals surface area contributed by atoms with Gasteiger partial charge >= 0.3 is 23.9 Å². The van der Waals surface area contributed by atoms with Crippen LogP contribution in [0.3, 0.4) is 0 Å². The predicted octanol–water partition coefficient (Wildman–Crippen LogP) is 18.8. The average Bonchev–Trinajstić information content (AvgIpc) is 3.46. The number of allylic oxidation sites excluding steroid dienone is 16. The standard InChI is InChI=1S/C73H122O12/c1-4-7-10-13-16-19-22-25-28-31-33-36-38-41-44-47-50-53-56-59-65(74)81-62-64(83-66(75)60-57-54-51-48-45-42-40-37-34-32-29-26-23-20-17-14-11-8-5-2)63-82-73-71(69(78)68(77)70(85-73)72(79)80)84-67(76)61-58-55-52-49-46-43-39-35-30-27-24-21-18-15-12-9-6-3/h7,10,16-17,19-20,25-26,28-29,33,36,41,44,50,53,64,68-71,73,77-78H,4-6,8-9,11-15,18,21-24,27,30-32,34-35,37-40,42-43,45-49,51-52,54-63H2,1-3H3,(H,79,80)/b10-7-,19-16-,20-17-,28-25-,29-26-,36-33-,44-41-,53-50-. The van der Waals surface area contributed by atoms with E-state index in [1.807, 2.05) is 12.2 Å². The molecule has 3 N–H and O–H groups in total. The molecule has 12 nitrogen and oxygen atoms in total. The molecule has 1 heterocycles. The smallest absolute Gasteiger partial charge is 0.335 e. The summed E-state index contributed by atoms with van der Waals surface area (Å²) in [5.74, 6) is -3.22. The Morgan fingerprint density at radius 1 is 0.400 bits per heavy atom. The fraction of sp³-hybridized carbons (Fsp3) is 0.726. The zero-order valence-electron chi connectivity index (χ0n) is 53.8. The Morgan fingerprint density at radius 3 is 1.20 bits per heavy atom. The molecule has 0 amide bonds. The molecule has 1 aliphatic heterocycles. The van der Waals surface area contributed by atoms with Crippen molar-refractivity contribution < 1.29 is 58.2 Å². The molecule has 0 aromatic heterocycles. The lowest BCUT2D eigenvalue weighted by molar-refractivity contribution is -0.301. The average molecular weight is 1190 g/mol. The van der Waals surface area contributed by atoms with Gasteiger partial charge < -0.3 is 39.0 Å². The van der Waals surface area contributed by atoms with E-state index in [9.17, 15) is 34.5 Å². The van der Waals surface area contributed by atoms with E-state index in [0.717, 1.165) is 103 Å². The molecule has 1 fully saturated rings. The number of aliphatic hydroxyl groups excluding tert-OH is 2. The summed E-state index contributed by atoms with van der Waals surface area (Å²) in [4.78, 5) is 51.4. The molecule has 6 atom stereocenters. The Balaban J connectivity index is 2.69. The minimum atomic E-state index is -1.92. The molecular weight excluding hydrogens is 1070 g/mol. The fourth-order valence-electron chi connectivity index (χ4n) is 9.96. The molecule has 0 radical (unpaired) electrons. The van der Waals surface area contributed by atoms with Crippen molar-refractivity contribution in [2.45, 2.75) is 327 Å². The number of ether oxygens (including phenoxy) is 5. The molecule has 0 aromatic carbocycles. The van der Waals surface area contributed by atoms with E-state index in [0.29, 0.717) is 19.3 Å². The Kier molecular flexibility index (Phi) is 55.5. The molecule has 85 heavy (non-hydrogen) atoms. The number of carbonyl (C=O) groups excluding carboxylic acids is 3. The SMILES string of the molecule is CC/C=C\C/C=C\C/C=C\C/C=C\C/C=C\C/C=C\CCC(=O)OCC(COC1OC(C(=O)O)C(O)C(O)C1OC(=O)CCCCCCCCCCCCCCCCCCC)OC(=O)CCCCCCCCCCC/C=C\C/C=C\CCCCC. The van der Waals surface area contributed by atoms with Crippen molar-refractivity contribution in [3.63, 3.8) is 0 Å². The van der Waals surface area contributed by atoms with Crippen LogP contribution in [0.1, 0.15) is 290 Å². The second-order valence-corrected chi connectivity index (χ2v) is 23.1. The minimum Gasteiger partial charge on any atom is -0.479 e. The van der Waals surface area contributed by atoms with E-state index in [-0.39, 0.29) is 25.9 Å². The van der Waals surface area contributed by atoms with E-state index in [2.05, 4.69) is 106 Å². The van der Waals surface area contributed by atoms with E-state index in [1.54, 1.807) is 0 Å². The molecule has 1 rings (SSSR count). The molecule has 0 aromatic rings. The van der Waals surface area contributed by atoms with Crippen molar-refractivity contribution >= 4 is 23.9 Å². The third-order valence-corrected chi connectivity index (χ3v) is 15.2. The van der Waals surface area contributed by atoms with E-state index in [4.69, 9.17) is 23.7 Å². The summed E-state index contributed by atoms with van der Waals surface area (Å²) >= 11 is 0. The largest absolute Gasteiger partial charge is 0.479 e. The van der Waals surface area contributed by atoms with Gasteiger partial charge in [0.15, 0.2) is 24.6 Å². The highest BCUT2D eigenvalue weighted by molar-refractivity contribution is 5.74. The van der Waals surface area contributed by atoms with Crippen LogP contribution in [0.25, 0.3) is 0 Å². The number of aliphatic hydroxyl groups is 2. The molecule has 1 saturated heterocycles. The van der Waals surface area contributed by atoms with Crippen LogP contribution in [0.2, 0.25) is 0 Å². The second kappa shape index (κ2) is 59.9. The lowest BCUT2D eigenvalue weighted by Crippen LogP contribution is -2.61. The first-order chi connectivity index (χ1) is 41.6. The monoisotopic (exact) mass is 1190 g/mol. The highest BCUT2D eigenvalue weighted by Gasteiger charge is 2.50. The van der Waals surface area contributed by atoms with Gasteiger partial charge in [-0.2, -0.15) is 0 Å². The zero-order chi connectivity index (χ0) is 61.7. The lowest BCUT2D eigenvalue weighted by atomic mass is 9.98. The summed E-state index contributed by atoms with van der Waals surface area (Å²) in [7, 11) is 0. The van der Waals surface area contributed by atoms with Gasteiger partial charge in [-0.05, 0) is 89.9 Å². The quantitative estimate of drug-likeness (QED) is 0.0228. The van der Waals surface area contributed by atoms with Crippen molar-refractivity contribution in [1.82, 2.24) is 0 Å². The second-order valence-electron chi connectivity index (χ2n) is 23.1. The molecule has 0 aliphatic carbocycles. The first kappa shape index (κ1) is 78.7. The third-order valence-electron chi connectivity index (χ3n) is 15.2. The Hall–Kier alpha value is -4.36. The third kappa shape index (κ3) is 49.3. The van der Waals surface area contributed by atoms with Gasteiger partial charge in [0.05, 0.1) is 6.61 Å². The van der Waals surface area contributed by atoms with Crippen LogP contribution in [0.4, 0.5) is 0 Å². The van der Waals surface area contributed by atoms with Crippen molar-refractivity contribution in [2.24, 2.45) is 0 Å². The van der Waals surface area contributed by atoms with E-state index < -0.39 is 67.3 Å². The van der Waals surface area contributed by atoms with Crippen LogP contribution in [0.15, 0.2) is 97.2 Å². The number of hydrogen-bond donors (Lipinski definition) is 3. The molecule has 6 unspecified atom stereocenters. The van der Waals surface area contributed by atoms with Gasteiger partial charge in [0.1, 0.15) is 18.8 Å². The number of carboxylic acid groups (broad SMARTS) is 1. The maximum atomic E-state index is 13.2. The number of carbonyl (C=O) groups is 4. The molecule has 0 bridgehead atoms. The van der Waals surface area contributed by atoms with Crippen molar-refractivity contribution in [3.8, 4) is 0 Å². The Labute approximate surface area is 517 Å². The Bertz CT molecular complexity index is 1840. The molecular formula is C73H122O12. The molecule has 1 aliphatic rings. The summed E-state index contributed by atoms with van der Waals surface area (Å²) < 4.78 is 28.5. The number of rotatable bonds is 58. The first-order valence-electron chi connectivity index (χ1n) is 34.2. The van der Waals surface area contributed by atoms with E-state index >= 15 is 0 Å². The van der Waals surface area contributed by atoms with Gasteiger partial charge in [-0.15, -0.1) is 0 Å². The zero-order valence-corrected chi connectivity index (χ0v) is 53.8. The van der Waals surface area contributed by atoms with Crippen LogP contribution < -0.4 is 0 Å². The van der Waals surface area contributed by atoms with Crippen molar-refractivity contribution in [1.29, 1.82) is 0 Å². The van der Waals surface area contributed by atoms with Crippen molar-refractivity contribution in [3.05, 3.63) is 97.2 Å². The van der Waals surface area contributed by atoms with E-state index in [1.165, 1.54) is 128 Å². The normalized spacial score (nSPS) is 18.1. The van der Waals surface area contributed by atoms with Gasteiger partial charge in [0.2, 0.25) is 0 Å². The maximum absolute atomic E-state index is 13.2. The summed E-state index contributed by atoms with van der Waals surface area (Å²) in [6, 6.07) is 0. The van der Waals surface area contributed by atoms with Gasteiger partial charge in [0.25, 0.3) is 0 Å². The summed E-state index contributed by atoms with van der Waals surface area (Å²) in [6.45, 7) is 5.83. The predicted molar refractivity (Wildman–Crippen MR) is 349 cm³/mol. The molecule has 0 saturated carbocycles. The lowest BCUT2D eigenvalue weighted by Gasteiger charge is -2.40. The number of unbranched alkanes of at least 4 members (excludes halogenated alkanes) is 28. The summed E-state index contributed by atoms with van der Waals surface area (Å²) in [6.07, 6.45) is 68.0. The fourth-order valence-corrected chi connectivity index (χ4v) is 9.96.